The number of carbonyl (C=O) groups excluding carboxylic acids is 1. The van der Waals surface area contributed by atoms with Gasteiger partial charge in [-0.1, -0.05) is 32.4 Å². The Hall–Kier alpha value is -1.55. The van der Waals surface area contributed by atoms with Gasteiger partial charge in [-0.3, -0.25) is 4.79 Å². The topological polar surface area (TPSA) is 58.6 Å². The summed E-state index contributed by atoms with van der Waals surface area (Å²) in [5.41, 5.74) is 2.89. The number of amides is 1. The fraction of sp³-hybridized carbons (Fsp3) is 0.588. The lowest BCUT2D eigenvalue weighted by Gasteiger charge is -2.30. The average molecular weight is 291 g/mol. The van der Waals surface area contributed by atoms with Gasteiger partial charge in [0.05, 0.1) is 18.8 Å². The van der Waals surface area contributed by atoms with Crippen molar-refractivity contribution in [2.75, 3.05) is 6.61 Å². The predicted octanol–water partition coefficient (Wildman–Crippen LogP) is 3.03. The molecule has 0 aliphatic carbocycles. The van der Waals surface area contributed by atoms with Crippen molar-refractivity contribution >= 4 is 5.91 Å². The van der Waals surface area contributed by atoms with Crippen LogP contribution in [0.4, 0.5) is 0 Å². The number of nitrogens with one attached hydrogen (secondary N) is 1. The zero-order chi connectivity index (χ0) is 15.6. The Kier molecular flexibility index (Phi) is 4.88. The number of hydrogen-bond donors (Lipinski definition) is 2. The zero-order valence-electron chi connectivity index (χ0n) is 13.3. The summed E-state index contributed by atoms with van der Waals surface area (Å²) in [6, 6.07) is 4.00. The highest BCUT2D eigenvalue weighted by Crippen LogP contribution is 2.40. The van der Waals surface area contributed by atoms with Crippen LogP contribution in [0.2, 0.25) is 0 Å². The van der Waals surface area contributed by atoms with Gasteiger partial charge in [-0.25, -0.2) is 0 Å². The maximum atomic E-state index is 11.7. The molecule has 0 bridgehead atoms. The highest BCUT2D eigenvalue weighted by atomic mass is 16.5. The summed E-state index contributed by atoms with van der Waals surface area (Å²) in [6.07, 6.45) is 0.679. The van der Waals surface area contributed by atoms with E-state index in [-0.39, 0.29) is 17.9 Å². The number of aliphatic hydroxyl groups excluding tert-OH is 1. The molecule has 2 rings (SSSR count). The first-order valence-corrected chi connectivity index (χ1v) is 7.68. The van der Waals surface area contributed by atoms with Gasteiger partial charge in [-0.15, -0.1) is 0 Å². The lowest BCUT2D eigenvalue weighted by atomic mass is 9.90. The van der Waals surface area contributed by atoms with Crippen molar-refractivity contribution in [2.45, 2.75) is 52.7 Å². The molecule has 1 aliphatic heterocycles. The quantitative estimate of drug-likeness (QED) is 0.896. The smallest absolute Gasteiger partial charge is 0.220 e. The van der Waals surface area contributed by atoms with Crippen molar-refractivity contribution in [3.05, 3.63) is 28.8 Å². The molecule has 0 saturated carbocycles. The highest BCUT2D eigenvalue weighted by Gasteiger charge is 2.28. The second kappa shape index (κ2) is 6.48. The van der Waals surface area contributed by atoms with Gasteiger partial charge in [0, 0.05) is 24.0 Å². The summed E-state index contributed by atoms with van der Waals surface area (Å²) in [5.74, 6) is 0.903. The molecule has 0 radical (unpaired) electrons. The van der Waals surface area contributed by atoms with Crippen LogP contribution in [0.15, 0.2) is 12.1 Å². The van der Waals surface area contributed by atoms with Crippen LogP contribution in [-0.2, 0) is 4.79 Å². The molecule has 4 heteroatoms. The number of aliphatic hydroxyl groups is 1. The lowest BCUT2D eigenvalue weighted by molar-refractivity contribution is -0.121. The molecule has 1 amide bonds. The van der Waals surface area contributed by atoms with E-state index in [4.69, 9.17) is 4.74 Å². The van der Waals surface area contributed by atoms with E-state index >= 15 is 0 Å². The highest BCUT2D eigenvalue weighted by molar-refractivity contribution is 5.76. The summed E-state index contributed by atoms with van der Waals surface area (Å²) < 4.78 is 5.82. The van der Waals surface area contributed by atoms with Crippen LogP contribution in [0.5, 0.6) is 5.75 Å². The molecule has 0 saturated heterocycles. The second-order valence-corrected chi connectivity index (χ2v) is 6.07. The van der Waals surface area contributed by atoms with Crippen LogP contribution >= 0.6 is 0 Å². The third kappa shape index (κ3) is 3.38. The molecule has 21 heavy (non-hydrogen) atoms. The van der Waals surface area contributed by atoms with Crippen LogP contribution in [0.1, 0.15) is 62.4 Å². The number of carbonyl (C=O) groups is 1. The molecule has 116 valence electrons. The van der Waals surface area contributed by atoms with E-state index in [1.807, 2.05) is 39.8 Å². The molecule has 1 aliphatic rings. The number of fused-ring (bicyclic) bond motifs is 1. The number of ether oxygens (including phenoxy) is 1. The summed E-state index contributed by atoms with van der Waals surface area (Å²) in [7, 11) is 0. The lowest BCUT2D eigenvalue weighted by Crippen LogP contribution is -2.32. The zero-order valence-corrected chi connectivity index (χ0v) is 13.3. The van der Waals surface area contributed by atoms with Gasteiger partial charge >= 0.3 is 0 Å². The number of rotatable bonds is 4. The molecule has 2 unspecified atom stereocenters. The van der Waals surface area contributed by atoms with Gasteiger partial charge in [0.25, 0.3) is 0 Å². The van der Waals surface area contributed by atoms with Crippen LogP contribution in [-0.4, -0.2) is 17.6 Å². The number of benzene rings is 1. The van der Waals surface area contributed by atoms with Gasteiger partial charge in [0.2, 0.25) is 5.91 Å². The van der Waals surface area contributed by atoms with Crippen LogP contribution in [0, 0.1) is 12.8 Å². The summed E-state index contributed by atoms with van der Waals surface area (Å²) in [5, 5.41) is 13.5. The molecule has 1 heterocycles. The minimum Gasteiger partial charge on any atom is -0.493 e. The normalized spacial score (nSPS) is 18.9. The summed E-state index contributed by atoms with van der Waals surface area (Å²) >= 11 is 0. The average Bonchev–Trinajstić information content (AvgIpc) is 2.46. The second-order valence-electron chi connectivity index (χ2n) is 6.07. The first-order valence-electron chi connectivity index (χ1n) is 7.68. The fourth-order valence-electron chi connectivity index (χ4n) is 2.71. The molecule has 2 N–H and O–H groups in total. The monoisotopic (exact) mass is 291 g/mol. The van der Waals surface area contributed by atoms with E-state index in [2.05, 4.69) is 5.32 Å². The third-order valence-corrected chi connectivity index (χ3v) is 3.93. The first kappa shape index (κ1) is 15.8. The Morgan fingerprint density at radius 3 is 2.81 bits per heavy atom. The molecule has 0 fully saturated rings. The van der Waals surface area contributed by atoms with E-state index in [0.717, 1.165) is 28.9 Å². The molecule has 4 nitrogen and oxygen atoms in total. The van der Waals surface area contributed by atoms with Crippen LogP contribution < -0.4 is 10.1 Å². The predicted molar refractivity (Wildman–Crippen MR) is 82.3 cm³/mol. The van der Waals surface area contributed by atoms with E-state index in [0.29, 0.717) is 13.0 Å². The molecule has 0 aromatic heterocycles. The van der Waals surface area contributed by atoms with Crippen molar-refractivity contribution in [2.24, 2.45) is 5.92 Å². The number of hydrogen-bond acceptors (Lipinski definition) is 3. The maximum absolute atomic E-state index is 11.7. The van der Waals surface area contributed by atoms with E-state index in [1.165, 1.54) is 0 Å². The van der Waals surface area contributed by atoms with E-state index in [1.54, 1.807) is 0 Å². The molecule has 1 aromatic carbocycles. The van der Waals surface area contributed by atoms with Gasteiger partial charge in [-0.05, 0) is 18.9 Å². The van der Waals surface area contributed by atoms with Crippen LogP contribution in [0.3, 0.4) is 0 Å². The standard InChI is InChI=1S/C17H25NO3/c1-5-15(19)18-14-6-7-21-17-12(14)8-11(4)9-13(17)16(20)10(2)3/h8-10,14,16,20H,5-7H2,1-4H3,(H,18,19). The van der Waals surface area contributed by atoms with Gasteiger partial charge in [0.1, 0.15) is 5.75 Å². The largest absolute Gasteiger partial charge is 0.493 e. The molecular weight excluding hydrogens is 266 g/mol. The van der Waals surface area contributed by atoms with Crippen molar-refractivity contribution in [1.29, 1.82) is 0 Å². The van der Waals surface area contributed by atoms with Crippen molar-refractivity contribution < 1.29 is 14.6 Å². The van der Waals surface area contributed by atoms with Crippen molar-refractivity contribution in [3.63, 3.8) is 0 Å². The van der Waals surface area contributed by atoms with Crippen LogP contribution in [0.25, 0.3) is 0 Å². The van der Waals surface area contributed by atoms with Gasteiger partial charge in [0.15, 0.2) is 0 Å². The van der Waals surface area contributed by atoms with E-state index < -0.39 is 6.10 Å². The maximum Gasteiger partial charge on any atom is 0.220 e. The Morgan fingerprint density at radius 1 is 1.48 bits per heavy atom. The first-order chi connectivity index (χ1) is 9.93. The Bertz CT molecular complexity index is 525. The minimum atomic E-state index is -0.556. The number of aryl methyl sites for hydroxylation is 1. The third-order valence-electron chi connectivity index (χ3n) is 3.93. The molecular formula is C17H25NO3. The van der Waals surface area contributed by atoms with E-state index in [9.17, 15) is 9.90 Å². The molecule has 2 atom stereocenters. The Labute approximate surface area is 126 Å². The Balaban J connectivity index is 2.42. The van der Waals surface area contributed by atoms with Gasteiger partial charge < -0.3 is 15.2 Å². The summed E-state index contributed by atoms with van der Waals surface area (Å²) in [6.45, 7) is 8.38. The summed E-state index contributed by atoms with van der Waals surface area (Å²) in [4.78, 5) is 11.7. The van der Waals surface area contributed by atoms with Crippen molar-refractivity contribution in [3.8, 4) is 5.75 Å². The minimum absolute atomic E-state index is 0.0285. The molecule has 1 aromatic rings. The Morgan fingerprint density at radius 2 is 2.19 bits per heavy atom. The molecule has 0 spiro atoms. The SMILES string of the molecule is CCC(=O)NC1CCOc2c1cc(C)cc2C(O)C(C)C. The van der Waals surface area contributed by atoms with Gasteiger partial charge in [-0.2, -0.15) is 0 Å². The van der Waals surface area contributed by atoms with Crippen molar-refractivity contribution in [1.82, 2.24) is 5.32 Å². The fourth-order valence-corrected chi connectivity index (χ4v) is 2.71.